The van der Waals surface area contributed by atoms with E-state index in [4.69, 9.17) is 4.74 Å². The summed E-state index contributed by atoms with van der Waals surface area (Å²) < 4.78 is 7.92. The van der Waals surface area contributed by atoms with Crippen molar-refractivity contribution in [1.82, 2.24) is 14.5 Å². The van der Waals surface area contributed by atoms with Crippen LogP contribution in [0.15, 0.2) is 33.9 Å². The summed E-state index contributed by atoms with van der Waals surface area (Å²) in [5, 5.41) is 2.74. The van der Waals surface area contributed by atoms with Crippen LogP contribution in [-0.2, 0) is 23.1 Å². The summed E-state index contributed by atoms with van der Waals surface area (Å²) in [6, 6.07) is 7.02. The highest BCUT2D eigenvalue weighted by Crippen LogP contribution is 2.08. The van der Waals surface area contributed by atoms with Crippen molar-refractivity contribution in [3.63, 3.8) is 0 Å². The quantitative estimate of drug-likeness (QED) is 0.595. The second-order valence-corrected chi connectivity index (χ2v) is 5.87. The Morgan fingerprint density at radius 2 is 1.83 bits per heavy atom. The largest absolute Gasteiger partial charge is 0.379 e. The van der Waals surface area contributed by atoms with Crippen LogP contribution in [0.3, 0.4) is 0 Å². The van der Waals surface area contributed by atoms with Crippen molar-refractivity contribution in [2.45, 2.75) is 32.9 Å². The van der Waals surface area contributed by atoms with Crippen LogP contribution in [-0.4, -0.2) is 34.3 Å². The summed E-state index contributed by atoms with van der Waals surface area (Å²) in [6.45, 7) is 4.74. The number of carbonyl (C=O) groups is 1. The Hall–Kier alpha value is -2.41. The van der Waals surface area contributed by atoms with E-state index < -0.39 is 11.1 Å². The second-order valence-electron chi connectivity index (χ2n) is 5.87. The lowest BCUT2D eigenvalue weighted by Crippen LogP contribution is -2.43. The highest BCUT2D eigenvalue weighted by Gasteiger charge is 2.13. The first-order valence-corrected chi connectivity index (χ1v) is 7.98. The van der Waals surface area contributed by atoms with Crippen LogP contribution in [0, 0.1) is 0 Å². The van der Waals surface area contributed by atoms with Gasteiger partial charge in [-0.3, -0.25) is 19.0 Å². The van der Waals surface area contributed by atoms with Crippen LogP contribution in [0.25, 0.3) is 11.0 Å². The molecule has 0 bridgehead atoms. The zero-order valence-electron chi connectivity index (χ0n) is 14.2. The van der Waals surface area contributed by atoms with Gasteiger partial charge < -0.3 is 14.6 Å². The van der Waals surface area contributed by atoms with Crippen molar-refractivity contribution in [3.8, 4) is 0 Å². The van der Waals surface area contributed by atoms with Gasteiger partial charge in [0.15, 0.2) is 0 Å². The molecule has 1 amide bonds. The van der Waals surface area contributed by atoms with E-state index in [0.29, 0.717) is 30.6 Å². The molecule has 2 aromatic rings. The molecule has 24 heavy (non-hydrogen) atoms. The number of hydrogen-bond donors (Lipinski definition) is 1. The number of carbonyl (C=O) groups excluding carboxylic acids is 1. The van der Waals surface area contributed by atoms with Gasteiger partial charge in [0, 0.05) is 20.2 Å². The lowest BCUT2D eigenvalue weighted by Gasteiger charge is -2.13. The molecule has 1 N–H and O–H groups in total. The molecule has 0 saturated heterocycles. The van der Waals surface area contributed by atoms with Crippen molar-refractivity contribution < 1.29 is 9.53 Å². The third kappa shape index (κ3) is 4.11. The number of nitrogens with zero attached hydrogens (tertiary/aromatic N) is 2. The van der Waals surface area contributed by atoms with Crippen LogP contribution >= 0.6 is 0 Å². The number of nitrogens with one attached hydrogen (secondary N) is 1. The second kappa shape index (κ2) is 7.92. The maximum atomic E-state index is 12.2. The average molecular weight is 333 g/mol. The fourth-order valence-electron chi connectivity index (χ4n) is 2.43. The predicted octanol–water partition coefficient (Wildman–Crippen LogP) is 0.631. The zero-order chi connectivity index (χ0) is 17.7. The van der Waals surface area contributed by atoms with E-state index in [2.05, 4.69) is 5.32 Å². The van der Waals surface area contributed by atoms with Gasteiger partial charge in [0.25, 0.3) is 0 Å². The zero-order valence-corrected chi connectivity index (χ0v) is 14.2. The summed E-state index contributed by atoms with van der Waals surface area (Å²) in [5.41, 5.74) is -0.176. The van der Waals surface area contributed by atoms with E-state index in [1.165, 1.54) is 9.13 Å². The molecule has 0 aliphatic carbocycles. The summed E-state index contributed by atoms with van der Waals surface area (Å²) in [6.07, 6.45) is 0.849. The van der Waals surface area contributed by atoms with Crippen molar-refractivity contribution in [2.24, 2.45) is 7.05 Å². The molecule has 1 aromatic heterocycles. The first-order chi connectivity index (χ1) is 11.4. The maximum Gasteiger partial charge on any atom is 0.317 e. The number of para-hydroxylation sites is 2. The molecule has 0 radical (unpaired) electrons. The van der Waals surface area contributed by atoms with Gasteiger partial charge in [-0.05, 0) is 32.4 Å². The third-order valence-electron chi connectivity index (χ3n) is 3.66. The number of hydrogen-bond acceptors (Lipinski definition) is 4. The molecule has 0 aliphatic heterocycles. The Kier molecular flexibility index (Phi) is 5.92. The number of aryl methyl sites for hydroxylation is 1. The summed E-state index contributed by atoms with van der Waals surface area (Å²) in [4.78, 5) is 36.3. The minimum atomic E-state index is -0.700. The van der Waals surface area contributed by atoms with Crippen LogP contribution in [0.2, 0.25) is 0 Å². The molecule has 2 rings (SSSR count). The van der Waals surface area contributed by atoms with Crippen molar-refractivity contribution >= 4 is 16.9 Å². The van der Waals surface area contributed by atoms with E-state index in [1.807, 2.05) is 13.8 Å². The lowest BCUT2D eigenvalue weighted by atomic mass is 10.3. The first-order valence-electron chi connectivity index (χ1n) is 7.98. The molecule has 1 aromatic carbocycles. The highest BCUT2D eigenvalue weighted by atomic mass is 16.5. The molecular weight excluding hydrogens is 310 g/mol. The molecule has 0 aliphatic rings. The van der Waals surface area contributed by atoms with Gasteiger partial charge in [0.2, 0.25) is 5.91 Å². The van der Waals surface area contributed by atoms with Crippen LogP contribution < -0.4 is 16.4 Å². The first kappa shape index (κ1) is 17.9. The Morgan fingerprint density at radius 1 is 1.17 bits per heavy atom. The van der Waals surface area contributed by atoms with Gasteiger partial charge in [0.1, 0.15) is 6.54 Å². The smallest absolute Gasteiger partial charge is 0.317 e. The molecule has 0 fully saturated rings. The van der Waals surface area contributed by atoms with Crippen molar-refractivity contribution in [2.75, 3.05) is 13.2 Å². The molecule has 0 spiro atoms. The lowest BCUT2D eigenvalue weighted by molar-refractivity contribution is -0.121. The van der Waals surface area contributed by atoms with E-state index in [9.17, 15) is 14.4 Å². The minimum absolute atomic E-state index is 0.158. The fourth-order valence-corrected chi connectivity index (χ4v) is 2.43. The van der Waals surface area contributed by atoms with E-state index in [-0.39, 0.29) is 18.6 Å². The average Bonchev–Trinajstić information content (AvgIpc) is 2.56. The number of rotatable bonds is 7. The minimum Gasteiger partial charge on any atom is -0.379 e. The number of amides is 1. The Morgan fingerprint density at radius 3 is 2.50 bits per heavy atom. The maximum absolute atomic E-state index is 12.2. The standard InChI is InChI=1S/C17H23N3O4/c1-12(2)24-10-6-9-18-15(21)11-20-14-8-5-4-7-13(14)19(3)16(22)17(20)23/h4-5,7-8,12H,6,9-11H2,1-3H3,(H,18,21). The number of fused-ring (bicyclic) bond motifs is 1. The molecule has 7 nitrogen and oxygen atoms in total. The summed E-state index contributed by atoms with van der Waals surface area (Å²) in [5.74, 6) is -0.306. The van der Waals surface area contributed by atoms with Crippen LogP contribution in [0.5, 0.6) is 0 Å². The van der Waals surface area contributed by atoms with Crippen LogP contribution in [0.1, 0.15) is 20.3 Å². The van der Waals surface area contributed by atoms with Gasteiger partial charge in [-0.25, -0.2) is 0 Å². The third-order valence-corrected chi connectivity index (χ3v) is 3.66. The van der Waals surface area contributed by atoms with Gasteiger partial charge in [-0.1, -0.05) is 12.1 Å². The van der Waals surface area contributed by atoms with Crippen LogP contribution in [0.4, 0.5) is 0 Å². The molecular formula is C17H23N3O4. The molecule has 1 heterocycles. The SMILES string of the molecule is CC(C)OCCCNC(=O)Cn1c(=O)c(=O)n(C)c2ccccc21. The molecule has 0 unspecified atom stereocenters. The summed E-state index contributed by atoms with van der Waals surface area (Å²) in [7, 11) is 1.55. The molecule has 0 atom stereocenters. The summed E-state index contributed by atoms with van der Waals surface area (Å²) >= 11 is 0. The monoisotopic (exact) mass is 333 g/mol. The van der Waals surface area contributed by atoms with Crippen molar-refractivity contribution in [1.29, 1.82) is 0 Å². The molecule has 0 saturated carbocycles. The van der Waals surface area contributed by atoms with E-state index in [0.717, 1.165) is 0 Å². The fraction of sp³-hybridized carbons (Fsp3) is 0.471. The Bertz CT molecular complexity index is 836. The number of benzene rings is 1. The van der Waals surface area contributed by atoms with E-state index in [1.54, 1.807) is 31.3 Å². The van der Waals surface area contributed by atoms with Gasteiger partial charge in [-0.2, -0.15) is 0 Å². The Balaban J connectivity index is 2.11. The number of ether oxygens (including phenoxy) is 1. The highest BCUT2D eigenvalue weighted by molar-refractivity contribution is 5.80. The number of aromatic nitrogens is 2. The topological polar surface area (TPSA) is 82.3 Å². The van der Waals surface area contributed by atoms with E-state index >= 15 is 0 Å². The predicted molar refractivity (Wildman–Crippen MR) is 92.2 cm³/mol. The van der Waals surface area contributed by atoms with Gasteiger partial charge in [-0.15, -0.1) is 0 Å². The van der Waals surface area contributed by atoms with Gasteiger partial charge >= 0.3 is 11.1 Å². The normalized spacial score (nSPS) is 11.2. The molecule has 130 valence electrons. The Labute approximate surface area is 139 Å². The molecule has 7 heteroatoms. The van der Waals surface area contributed by atoms with Gasteiger partial charge in [0.05, 0.1) is 17.1 Å². The van der Waals surface area contributed by atoms with Crippen molar-refractivity contribution in [3.05, 3.63) is 45.0 Å².